The van der Waals surface area contributed by atoms with Gasteiger partial charge in [-0.15, -0.1) is 0 Å². The van der Waals surface area contributed by atoms with E-state index in [4.69, 9.17) is 4.42 Å². The second-order valence-corrected chi connectivity index (χ2v) is 14.5. The lowest BCUT2D eigenvalue weighted by Crippen LogP contribution is -2.09. The highest BCUT2D eigenvalue weighted by Crippen LogP contribution is 2.41. The number of anilines is 3. The van der Waals surface area contributed by atoms with Crippen molar-refractivity contribution in [3.05, 3.63) is 218 Å². The summed E-state index contributed by atoms with van der Waals surface area (Å²) in [5.41, 5.74) is 15.6. The van der Waals surface area contributed by atoms with E-state index in [0.717, 1.165) is 55.8 Å². The molecule has 0 saturated carbocycles. The first kappa shape index (κ1) is 32.8. The molecule has 268 valence electrons. The van der Waals surface area contributed by atoms with Crippen molar-refractivity contribution in [3.63, 3.8) is 0 Å². The third-order valence-corrected chi connectivity index (χ3v) is 11.2. The van der Waals surface area contributed by atoms with Crippen molar-refractivity contribution in [2.75, 3.05) is 4.90 Å². The minimum atomic E-state index is 0.906. The topological polar surface area (TPSA) is 21.3 Å². The molecule has 2 heterocycles. The van der Waals surface area contributed by atoms with Crippen LogP contribution in [0.25, 0.3) is 82.8 Å². The lowest BCUT2D eigenvalue weighted by atomic mass is 10.0. The lowest BCUT2D eigenvalue weighted by Gasteiger charge is -2.26. The fourth-order valence-electron chi connectivity index (χ4n) is 8.46. The van der Waals surface area contributed by atoms with Gasteiger partial charge in [-0.3, -0.25) is 0 Å². The molecule has 2 aromatic heterocycles. The van der Waals surface area contributed by atoms with Gasteiger partial charge < -0.3 is 13.9 Å². The van der Waals surface area contributed by atoms with Gasteiger partial charge in [0.05, 0.1) is 11.0 Å². The molecule has 0 spiro atoms. The third kappa shape index (κ3) is 5.68. The number of benzene rings is 9. The first-order valence-corrected chi connectivity index (χ1v) is 19.4. The highest BCUT2D eigenvalue weighted by Gasteiger charge is 2.17. The molecule has 0 aliphatic rings. The largest absolute Gasteiger partial charge is 0.455 e. The van der Waals surface area contributed by atoms with E-state index in [1.807, 2.05) is 12.1 Å². The number of aromatic nitrogens is 1. The van der Waals surface area contributed by atoms with E-state index in [1.54, 1.807) is 0 Å². The second-order valence-electron chi connectivity index (χ2n) is 14.5. The van der Waals surface area contributed by atoms with Gasteiger partial charge in [0.2, 0.25) is 0 Å². The van der Waals surface area contributed by atoms with Crippen molar-refractivity contribution >= 4 is 60.8 Å². The summed E-state index contributed by atoms with van der Waals surface area (Å²) >= 11 is 0. The van der Waals surface area contributed by atoms with Crippen LogP contribution in [0.1, 0.15) is 0 Å². The maximum absolute atomic E-state index is 6.40. The van der Waals surface area contributed by atoms with Gasteiger partial charge in [-0.05, 0) is 101 Å². The molecule has 0 radical (unpaired) electrons. The van der Waals surface area contributed by atoms with E-state index in [1.165, 1.54) is 44.1 Å². The molecule has 0 atom stereocenters. The number of furan rings is 1. The number of para-hydroxylation sites is 4. The van der Waals surface area contributed by atoms with Gasteiger partial charge in [-0.1, -0.05) is 146 Å². The molecule has 0 aliphatic carbocycles. The Bertz CT molecular complexity index is 3200. The van der Waals surface area contributed by atoms with E-state index < -0.39 is 0 Å². The van der Waals surface area contributed by atoms with Gasteiger partial charge >= 0.3 is 0 Å². The predicted molar refractivity (Wildman–Crippen MR) is 239 cm³/mol. The van der Waals surface area contributed by atoms with Crippen LogP contribution in [0.15, 0.2) is 223 Å². The van der Waals surface area contributed by atoms with E-state index in [2.05, 4.69) is 216 Å². The maximum atomic E-state index is 6.40. The molecule has 11 aromatic rings. The van der Waals surface area contributed by atoms with Crippen molar-refractivity contribution in [1.82, 2.24) is 4.57 Å². The SMILES string of the molecule is c1ccc(-c2ccc(N(c3ccc(-c4ccc5c(c4)c4ccccc4n5-c4ccccc4)cc3)c3ccc(-c4cccc5c4oc4ccccc45)cc3)cc2)cc1. The van der Waals surface area contributed by atoms with E-state index in [9.17, 15) is 0 Å². The highest BCUT2D eigenvalue weighted by molar-refractivity contribution is 6.11. The highest BCUT2D eigenvalue weighted by atomic mass is 16.3. The zero-order chi connectivity index (χ0) is 37.7. The van der Waals surface area contributed by atoms with E-state index in [0.29, 0.717) is 0 Å². The van der Waals surface area contributed by atoms with Crippen LogP contribution in [0.2, 0.25) is 0 Å². The monoisotopic (exact) mass is 728 g/mol. The fourth-order valence-corrected chi connectivity index (χ4v) is 8.46. The Morgan fingerprint density at radius 3 is 1.54 bits per heavy atom. The van der Waals surface area contributed by atoms with Crippen LogP contribution in [0.4, 0.5) is 17.1 Å². The minimum absolute atomic E-state index is 0.906. The van der Waals surface area contributed by atoms with Crippen molar-refractivity contribution < 1.29 is 4.42 Å². The summed E-state index contributed by atoms with van der Waals surface area (Å²) in [6.45, 7) is 0. The Kier molecular flexibility index (Phi) is 7.82. The summed E-state index contributed by atoms with van der Waals surface area (Å²) in [5, 5.41) is 4.77. The zero-order valence-corrected chi connectivity index (χ0v) is 31.1. The van der Waals surface area contributed by atoms with Crippen LogP contribution < -0.4 is 4.90 Å². The minimum Gasteiger partial charge on any atom is -0.455 e. The Labute approximate surface area is 330 Å². The average Bonchev–Trinajstić information content (AvgIpc) is 3.84. The molecule has 0 bridgehead atoms. The molecular formula is C54H36N2O. The fraction of sp³-hybridized carbons (Fsp3) is 0. The van der Waals surface area contributed by atoms with Gasteiger partial charge in [-0.25, -0.2) is 0 Å². The molecule has 0 unspecified atom stereocenters. The number of hydrogen-bond donors (Lipinski definition) is 0. The molecule has 0 N–H and O–H groups in total. The Morgan fingerprint density at radius 2 is 0.842 bits per heavy atom. The lowest BCUT2D eigenvalue weighted by molar-refractivity contribution is 0.670. The van der Waals surface area contributed by atoms with Crippen molar-refractivity contribution in [3.8, 4) is 39.1 Å². The summed E-state index contributed by atoms with van der Waals surface area (Å²) in [6.07, 6.45) is 0. The summed E-state index contributed by atoms with van der Waals surface area (Å²) in [5.74, 6) is 0. The van der Waals surface area contributed by atoms with Crippen LogP contribution in [0.3, 0.4) is 0 Å². The van der Waals surface area contributed by atoms with Crippen molar-refractivity contribution in [2.24, 2.45) is 0 Å². The predicted octanol–water partition coefficient (Wildman–Crippen LogP) is 15.2. The van der Waals surface area contributed by atoms with Crippen LogP contribution >= 0.6 is 0 Å². The van der Waals surface area contributed by atoms with Crippen molar-refractivity contribution in [1.29, 1.82) is 0 Å². The molecule has 57 heavy (non-hydrogen) atoms. The van der Waals surface area contributed by atoms with Crippen LogP contribution in [0, 0.1) is 0 Å². The quantitative estimate of drug-likeness (QED) is 0.163. The molecule has 9 aromatic carbocycles. The van der Waals surface area contributed by atoms with E-state index in [-0.39, 0.29) is 0 Å². The van der Waals surface area contributed by atoms with Crippen molar-refractivity contribution in [2.45, 2.75) is 0 Å². The molecule has 0 saturated heterocycles. The van der Waals surface area contributed by atoms with Gasteiger partial charge in [0, 0.05) is 49.9 Å². The number of fused-ring (bicyclic) bond motifs is 6. The van der Waals surface area contributed by atoms with Gasteiger partial charge in [0.25, 0.3) is 0 Å². The first-order valence-electron chi connectivity index (χ1n) is 19.4. The zero-order valence-electron chi connectivity index (χ0n) is 31.1. The maximum Gasteiger partial charge on any atom is 0.143 e. The van der Waals surface area contributed by atoms with E-state index >= 15 is 0 Å². The number of nitrogens with zero attached hydrogens (tertiary/aromatic N) is 2. The molecule has 0 fully saturated rings. The van der Waals surface area contributed by atoms with Gasteiger partial charge in [0.15, 0.2) is 0 Å². The summed E-state index contributed by atoms with van der Waals surface area (Å²) in [4.78, 5) is 2.33. The van der Waals surface area contributed by atoms with Gasteiger partial charge in [-0.2, -0.15) is 0 Å². The average molecular weight is 729 g/mol. The standard InChI is InChI=1S/C54H36N2O/c1-3-12-37(13-4-1)38-22-29-43(30-23-38)55(45-33-26-40(27-34-45)46-18-11-19-49-48-17-8-10-21-53(48)57-54(46)49)44-31-24-39(25-32-44)41-28-35-52-50(36-41)47-16-7-9-20-51(47)56(52)42-14-5-2-6-15-42/h1-36H. The molecule has 3 heteroatoms. The van der Waals surface area contributed by atoms with Crippen LogP contribution in [-0.4, -0.2) is 4.57 Å². The smallest absolute Gasteiger partial charge is 0.143 e. The molecule has 0 amide bonds. The molecule has 0 aliphatic heterocycles. The number of hydrogen-bond acceptors (Lipinski definition) is 2. The van der Waals surface area contributed by atoms with Crippen LogP contribution in [0.5, 0.6) is 0 Å². The van der Waals surface area contributed by atoms with Gasteiger partial charge in [0.1, 0.15) is 11.2 Å². The molecule has 3 nitrogen and oxygen atoms in total. The summed E-state index contributed by atoms with van der Waals surface area (Å²) in [7, 11) is 0. The molecule has 11 rings (SSSR count). The Balaban J connectivity index is 0.982. The number of rotatable bonds is 7. The second kappa shape index (κ2) is 13.6. The summed E-state index contributed by atoms with van der Waals surface area (Å²) in [6, 6.07) is 78.0. The normalized spacial score (nSPS) is 11.5. The summed E-state index contributed by atoms with van der Waals surface area (Å²) < 4.78 is 8.77. The van der Waals surface area contributed by atoms with Crippen LogP contribution in [-0.2, 0) is 0 Å². The Hall–Kier alpha value is -7.62. The third-order valence-electron chi connectivity index (χ3n) is 11.2. The molecular weight excluding hydrogens is 693 g/mol. The first-order chi connectivity index (χ1) is 28.3. The Morgan fingerprint density at radius 1 is 0.333 bits per heavy atom.